The Morgan fingerprint density at radius 1 is 1.71 bits per heavy atom. The van der Waals surface area contributed by atoms with Crippen LogP contribution in [0.1, 0.15) is 6.92 Å². The molecule has 0 aliphatic heterocycles. The average molecular weight is 326 g/mol. The zero-order valence-corrected chi connectivity index (χ0v) is 7.91. The molecule has 42 valence electrons. The highest BCUT2D eigenvalue weighted by molar-refractivity contribution is 14.2. The summed E-state index contributed by atoms with van der Waals surface area (Å²) in [5, 5.41) is 11.0. The second-order valence-electron chi connectivity index (χ2n) is 0.880. The maximum atomic E-state index is 8.04. The summed E-state index contributed by atoms with van der Waals surface area (Å²) in [6.07, 6.45) is 0. The lowest BCUT2D eigenvalue weighted by atomic mass is 10.7. The third-order valence-electron chi connectivity index (χ3n) is 0.389. The molecule has 0 aromatic heterocycles. The third kappa shape index (κ3) is 3.32. The molecule has 0 saturated carbocycles. The summed E-state index contributed by atoms with van der Waals surface area (Å²) in [6.45, 7) is 1.71. The van der Waals surface area contributed by atoms with Gasteiger partial charge < -0.3 is 5.21 Å². The van der Waals surface area contributed by atoms with E-state index in [1.54, 1.807) is 8.25 Å². The quantitative estimate of drug-likeness (QED) is 0.184. The molecule has 3 nitrogen and oxygen atoms in total. The predicted octanol–water partition coefficient (Wildman–Crippen LogP) is 1.80. The van der Waals surface area contributed by atoms with Gasteiger partial charge in [-0.05, 0) is 6.92 Å². The zero-order valence-electron chi connectivity index (χ0n) is 3.60. The number of halogens is 2. The molecule has 0 unspecified atom stereocenters. The third-order valence-corrected chi connectivity index (χ3v) is 1.79. The van der Waals surface area contributed by atoms with Gasteiger partial charge in [-0.3, -0.25) is 0 Å². The van der Waals surface area contributed by atoms with Gasteiger partial charge in [0.2, 0.25) is 0 Å². The molecular weight excluding hydrogens is 322 g/mol. The van der Waals surface area contributed by atoms with Crippen LogP contribution in [-0.2, 0) is 0 Å². The lowest BCUT2D eigenvalue weighted by molar-refractivity contribution is 0.316. The fourth-order valence-corrected chi connectivity index (χ4v) is 0.227. The molecule has 0 spiro atoms. The van der Waals surface area contributed by atoms with Crippen LogP contribution in [0.15, 0.2) is 5.16 Å². The second kappa shape index (κ2) is 3.70. The maximum Gasteiger partial charge on any atom is 0.158 e. The van der Waals surface area contributed by atoms with Crippen LogP contribution in [0.5, 0.6) is 0 Å². The Hall–Kier alpha value is 0.730. The monoisotopic (exact) mass is 326 g/mol. The molecule has 0 heterocycles. The second-order valence-corrected chi connectivity index (χ2v) is 4.66. The van der Waals surface area contributed by atoms with E-state index in [1.165, 1.54) is 0 Å². The summed E-state index contributed by atoms with van der Waals surface area (Å²) < 4.78 is 1.66. The Labute approximate surface area is 69.7 Å². The van der Waals surface area contributed by atoms with Crippen molar-refractivity contribution in [2.75, 3.05) is 0 Å². The molecule has 7 heavy (non-hydrogen) atoms. The van der Waals surface area contributed by atoms with Crippen molar-refractivity contribution in [2.24, 2.45) is 5.16 Å². The normalized spacial score (nSPS) is 11.6. The molecule has 5 heteroatoms. The van der Waals surface area contributed by atoms with Gasteiger partial charge in [-0.2, -0.15) is 0 Å². The van der Waals surface area contributed by atoms with E-state index >= 15 is 0 Å². The SMILES string of the molecule is C/C(=N/O)N(I)I. The van der Waals surface area contributed by atoms with E-state index in [4.69, 9.17) is 5.21 Å². The van der Waals surface area contributed by atoms with Crippen molar-refractivity contribution in [3.8, 4) is 0 Å². The minimum absolute atomic E-state index is 0.584. The van der Waals surface area contributed by atoms with E-state index in [2.05, 4.69) is 5.16 Å². The van der Waals surface area contributed by atoms with Crippen LogP contribution < -0.4 is 0 Å². The lowest BCUT2D eigenvalue weighted by Gasteiger charge is -2.00. The van der Waals surface area contributed by atoms with Gasteiger partial charge >= 0.3 is 0 Å². The van der Waals surface area contributed by atoms with E-state index < -0.39 is 0 Å². The summed E-state index contributed by atoms with van der Waals surface area (Å²) in [5.74, 6) is 0.584. The van der Waals surface area contributed by atoms with Gasteiger partial charge in [-0.25, -0.2) is 1.33 Å². The fraction of sp³-hybridized carbons (Fsp3) is 0.500. The van der Waals surface area contributed by atoms with Crippen molar-refractivity contribution in [3.63, 3.8) is 0 Å². The van der Waals surface area contributed by atoms with Crippen LogP contribution in [0, 0.1) is 0 Å². The van der Waals surface area contributed by atoms with Crippen LogP contribution in [0.2, 0.25) is 0 Å². The highest BCUT2D eigenvalue weighted by atomic mass is 127. The number of rotatable bonds is 0. The van der Waals surface area contributed by atoms with E-state index in [1.807, 2.05) is 45.7 Å². The van der Waals surface area contributed by atoms with Crippen molar-refractivity contribution in [1.29, 1.82) is 0 Å². The largest absolute Gasteiger partial charge is 0.409 e. The minimum atomic E-state index is 0.584. The van der Waals surface area contributed by atoms with Crippen molar-refractivity contribution in [1.82, 2.24) is 1.33 Å². The summed E-state index contributed by atoms with van der Waals surface area (Å²) in [4.78, 5) is 0. The Kier molecular flexibility index (Phi) is 4.08. The van der Waals surface area contributed by atoms with Crippen molar-refractivity contribution in [2.45, 2.75) is 6.92 Å². The summed E-state index contributed by atoms with van der Waals surface area (Å²) in [7, 11) is 0. The van der Waals surface area contributed by atoms with Crippen LogP contribution >= 0.6 is 45.7 Å². The molecule has 1 N–H and O–H groups in total. The molecule has 0 saturated heterocycles. The van der Waals surface area contributed by atoms with Gasteiger partial charge in [-0.1, -0.05) is 5.16 Å². The highest BCUT2D eigenvalue weighted by Crippen LogP contribution is 2.06. The summed E-state index contributed by atoms with van der Waals surface area (Å²) in [5.41, 5.74) is 0. The summed E-state index contributed by atoms with van der Waals surface area (Å²) >= 11 is 4.00. The predicted molar refractivity (Wildman–Crippen MR) is 44.8 cm³/mol. The Morgan fingerprint density at radius 2 is 2.14 bits per heavy atom. The van der Waals surface area contributed by atoms with Crippen LogP contribution in [0.25, 0.3) is 0 Å². The van der Waals surface area contributed by atoms with Crippen LogP contribution in [0.3, 0.4) is 0 Å². The molecule has 0 rings (SSSR count). The van der Waals surface area contributed by atoms with Crippen molar-refractivity contribution in [3.05, 3.63) is 0 Å². The molecule has 0 aliphatic carbocycles. The first kappa shape index (κ1) is 7.73. The number of hydrogen-bond acceptors (Lipinski definition) is 2. The van der Waals surface area contributed by atoms with Gasteiger partial charge in [0.05, 0.1) is 45.7 Å². The molecule has 0 amide bonds. The highest BCUT2D eigenvalue weighted by Gasteiger charge is 1.93. The minimum Gasteiger partial charge on any atom is -0.409 e. The fourth-order valence-electron chi connectivity index (χ4n) is 0.0338. The molecular formula is C2H4I2N2O. The Morgan fingerprint density at radius 3 is 2.14 bits per heavy atom. The van der Waals surface area contributed by atoms with E-state index in [0.29, 0.717) is 5.84 Å². The van der Waals surface area contributed by atoms with Crippen molar-refractivity contribution >= 4 is 51.6 Å². The first-order valence-corrected chi connectivity index (χ1v) is 3.42. The lowest BCUT2D eigenvalue weighted by Crippen LogP contribution is -2.02. The average Bonchev–Trinajstić information content (AvgIpc) is 1.65. The molecule has 0 atom stereocenters. The zero-order chi connectivity index (χ0) is 5.86. The first-order valence-electron chi connectivity index (χ1n) is 1.49. The van der Waals surface area contributed by atoms with Gasteiger partial charge in [-0.15, -0.1) is 0 Å². The number of oxime groups is 1. The maximum absolute atomic E-state index is 8.04. The molecule has 0 radical (unpaired) electrons. The van der Waals surface area contributed by atoms with Crippen LogP contribution in [0.4, 0.5) is 0 Å². The van der Waals surface area contributed by atoms with Gasteiger partial charge in [0, 0.05) is 0 Å². The number of amidine groups is 1. The van der Waals surface area contributed by atoms with Gasteiger partial charge in [0.25, 0.3) is 0 Å². The van der Waals surface area contributed by atoms with E-state index in [9.17, 15) is 0 Å². The smallest absolute Gasteiger partial charge is 0.158 e. The van der Waals surface area contributed by atoms with Gasteiger partial charge in [0.15, 0.2) is 5.84 Å². The standard InChI is InChI=1S/C2H4I2N2O/c1-2(5-7)6(3)4/h7H,1H3/b5-2-. The summed E-state index contributed by atoms with van der Waals surface area (Å²) in [6, 6.07) is 0. The molecule has 0 fully saturated rings. The topological polar surface area (TPSA) is 35.8 Å². The Balaban J connectivity index is 3.56. The molecule has 0 aromatic rings. The van der Waals surface area contributed by atoms with E-state index in [0.717, 1.165) is 0 Å². The molecule has 0 aliphatic rings. The van der Waals surface area contributed by atoms with Gasteiger partial charge in [0.1, 0.15) is 0 Å². The number of hydrogen-bond donors (Lipinski definition) is 1. The number of nitrogens with zero attached hydrogens (tertiary/aromatic N) is 2. The Bertz CT molecular complexity index is 81.8. The van der Waals surface area contributed by atoms with Crippen LogP contribution in [-0.4, -0.2) is 12.4 Å². The molecule has 0 bridgehead atoms. The van der Waals surface area contributed by atoms with E-state index in [-0.39, 0.29) is 0 Å². The first-order chi connectivity index (χ1) is 3.18. The molecule has 0 aromatic carbocycles. The van der Waals surface area contributed by atoms with Crippen molar-refractivity contribution < 1.29 is 5.21 Å².